The van der Waals surface area contributed by atoms with E-state index in [1.54, 1.807) is 6.92 Å². The van der Waals surface area contributed by atoms with E-state index in [0.717, 1.165) is 25.7 Å². The highest BCUT2D eigenvalue weighted by molar-refractivity contribution is 5.42. The van der Waals surface area contributed by atoms with Gasteiger partial charge in [0.1, 0.15) is 11.7 Å². The first-order valence-corrected chi connectivity index (χ1v) is 4.38. The second-order valence-electron chi connectivity index (χ2n) is 4.18. The van der Waals surface area contributed by atoms with Gasteiger partial charge in [-0.05, 0) is 19.8 Å². The van der Waals surface area contributed by atoms with Gasteiger partial charge >= 0.3 is 0 Å². The van der Waals surface area contributed by atoms with Crippen LogP contribution in [-0.4, -0.2) is 21.4 Å². The van der Waals surface area contributed by atoms with E-state index in [1.807, 2.05) is 6.07 Å². The molecule has 1 spiro atoms. The lowest BCUT2D eigenvalue weighted by molar-refractivity contribution is 0.0648. The van der Waals surface area contributed by atoms with Crippen LogP contribution in [0.4, 0.5) is 0 Å². The summed E-state index contributed by atoms with van der Waals surface area (Å²) in [5, 5.41) is 28.4. The number of hydrogen-bond acceptors (Lipinski definition) is 3. The molecule has 0 radical (unpaired) electrons. The lowest BCUT2D eigenvalue weighted by Gasteiger charge is -2.07. The van der Waals surface area contributed by atoms with Gasteiger partial charge in [-0.1, -0.05) is 12.8 Å². The number of nitrogens with zero attached hydrogens (tertiary/aromatic N) is 1. The van der Waals surface area contributed by atoms with Gasteiger partial charge in [-0.2, -0.15) is 5.26 Å². The van der Waals surface area contributed by atoms with E-state index in [9.17, 15) is 10.2 Å². The zero-order valence-corrected chi connectivity index (χ0v) is 7.17. The van der Waals surface area contributed by atoms with Gasteiger partial charge in [-0.3, -0.25) is 0 Å². The van der Waals surface area contributed by atoms with Crippen LogP contribution in [0, 0.1) is 16.7 Å². The van der Waals surface area contributed by atoms with Gasteiger partial charge in [-0.15, -0.1) is 0 Å². The van der Waals surface area contributed by atoms with Crippen molar-refractivity contribution in [3.63, 3.8) is 0 Å². The highest BCUT2D eigenvalue weighted by Gasteiger charge is 2.85. The van der Waals surface area contributed by atoms with Crippen molar-refractivity contribution in [3.05, 3.63) is 0 Å². The molecule has 0 aliphatic heterocycles. The van der Waals surface area contributed by atoms with E-state index >= 15 is 0 Å². The fraction of sp³-hybridized carbons (Fsp3) is 0.889. The Labute approximate surface area is 71.6 Å². The Hall–Kier alpha value is -0.590. The van der Waals surface area contributed by atoms with Crippen molar-refractivity contribution in [1.82, 2.24) is 0 Å². The van der Waals surface area contributed by atoms with Crippen LogP contribution in [0.25, 0.3) is 0 Å². The predicted molar refractivity (Wildman–Crippen MR) is 42.1 cm³/mol. The minimum Gasteiger partial charge on any atom is -0.385 e. The Morgan fingerprint density at radius 2 is 1.75 bits per heavy atom. The van der Waals surface area contributed by atoms with Crippen LogP contribution in [0.1, 0.15) is 32.6 Å². The van der Waals surface area contributed by atoms with Gasteiger partial charge in [-0.25, -0.2) is 0 Å². The Balaban J connectivity index is 2.38. The molecule has 2 fully saturated rings. The second kappa shape index (κ2) is 1.84. The summed E-state index contributed by atoms with van der Waals surface area (Å²) in [5.41, 5.74) is -3.16. The van der Waals surface area contributed by atoms with Crippen molar-refractivity contribution in [2.45, 2.75) is 43.8 Å². The third-order valence-corrected chi connectivity index (χ3v) is 3.89. The maximum Gasteiger partial charge on any atom is 0.188 e. The first-order chi connectivity index (χ1) is 5.52. The van der Waals surface area contributed by atoms with Crippen molar-refractivity contribution in [2.75, 3.05) is 0 Å². The molecule has 2 aliphatic rings. The lowest BCUT2D eigenvalue weighted by Crippen LogP contribution is -2.19. The van der Waals surface area contributed by atoms with Crippen LogP contribution in [0.5, 0.6) is 0 Å². The van der Waals surface area contributed by atoms with Crippen molar-refractivity contribution in [3.8, 4) is 6.07 Å². The van der Waals surface area contributed by atoms with Gasteiger partial charge in [0.05, 0.1) is 0 Å². The molecule has 0 aromatic carbocycles. The largest absolute Gasteiger partial charge is 0.385 e. The molecule has 66 valence electrons. The maximum atomic E-state index is 9.83. The predicted octanol–water partition coefficient (Wildman–Crippen LogP) is 0.566. The number of hydrogen-bond donors (Lipinski definition) is 2. The van der Waals surface area contributed by atoms with Crippen molar-refractivity contribution in [2.24, 2.45) is 5.41 Å². The van der Waals surface area contributed by atoms with E-state index < -0.39 is 16.6 Å². The van der Waals surface area contributed by atoms with Crippen molar-refractivity contribution >= 4 is 0 Å². The highest BCUT2D eigenvalue weighted by atomic mass is 16.4. The van der Waals surface area contributed by atoms with Crippen molar-refractivity contribution < 1.29 is 10.2 Å². The Morgan fingerprint density at radius 3 is 2.08 bits per heavy atom. The molecule has 0 bridgehead atoms. The number of nitriles is 1. The Bertz CT molecular complexity index is 260. The average Bonchev–Trinajstić information content (AvgIpc) is 2.51. The van der Waals surface area contributed by atoms with Gasteiger partial charge < -0.3 is 10.2 Å². The van der Waals surface area contributed by atoms with Crippen molar-refractivity contribution in [1.29, 1.82) is 5.26 Å². The van der Waals surface area contributed by atoms with E-state index in [0.29, 0.717) is 0 Å². The minimum absolute atomic E-state index is 0.505. The molecule has 12 heavy (non-hydrogen) atoms. The third kappa shape index (κ3) is 0.502. The van der Waals surface area contributed by atoms with Crippen LogP contribution >= 0.6 is 0 Å². The number of aliphatic hydroxyl groups is 2. The standard InChI is InChI=1S/C9H13NO2/c1-7(11)8(4-2-3-5-8)9(7,12)6-10/h11-12H,2-5H2,1H3. The average molecular weight is 167 g/mol. The number of rotatable bonds is 0. The smallest absolute Gasteiger partial charge is 0.188 e. The molecule has 0 aromatic rings. The van der Waals surface area contributed by atoms with Gasteiger partial charge in [0.2, 0.25) is 0 Å². The molecule has 0 aromatic heterocycles. The van der Waals surface area contributed by atoms with Crippen LogP contribution in [0.3, 0.4) is 0 Å². The summed E-state index contributed by atoms with van der Waals surface area (Å²) in [6.45, 7) is 1.57. The molecule has 2 saturated carbocycles. The molecular formula is C9H13NO2. The molecular weight excluding hydrogens is 154 g/mol. The maximum absolute atomic E-state index is 9.83. The fourth-order valence-electron chi connectivity index (χ4n) is 2.88. The van der Waals surface area contributed by atoms with Gasteiger partial charge in [0, 0.05) is 5.41 Å². The quantitative estimate of drug-likeness (QED) is 0.518. The van der Waals surface area contributed by atoms with E-state index in [-0.39, 0.29) is 0 Å². The summed E-state index contributed by atoms with van der Waals surface area (Å²) in [6.07, 6.45) is 3.59. The highest BCUT2D eigenvalue weighted by Crippen LogP contribution is 2.72. The summed E-state index contributed by atoms with van der Waals surface area (Å²) in [5.74, 6) is 0. The first-order valence-electron chi connectivity index (χ1n) is 4.38. The summed E-state index contributed by atoms with van der Waals surface area (Å²) >= 11 is 0. The summed E-state index contributed by atoms with van der Waals surface area (Å²) in [6, 6.07) is 1.84. The summed E-state index contributed by atoms with van der Waals surface area (Å²) in [7, 11) is 0. The van der Waals surface area contributed by atoms with Crippen LogP contribution < -0.4 is 0 Å². The molecule has 2 unspecified atom stereocenters. The fourth-order valence-corrected chi connectivity index (χ4v) is 2.88. The van der Waals surface area contributed by atoms with E-state index in [4.69, 9.17) is 5.26 Å². The second-order valence-corrected chi connectivity index (χ2v) is 4.18. The topological polar surface area (TPSA) is 64.2 Å². The van der Waals surface area contributed by atoms with Crippen LogP contribution in [0.15, 0.2) is 0 Å². The molecule has 2 rings (SSSR count). The monoisotopic (exact) mass is 167 g/mol. The van der Waals surface area contributed by atoms with E-state index in [1.165, 1.54) is 0 Å². The normalized spacial score (nSPS) is 49.2. The zero-order valence-electron chi connectivity index (χ0n) is 7.17. The third-order valence-electron chi connectivity index (χ3n) is 3.89. The van der Waals surface area contributed by atoms with Crippen LogP contribution in [0.2, 0.25) is 0 Å². The molecule has 3 nitrogen and oxygen atoms in total. The molecule has 0 saturated heterocycles. The van der Waals surface area contributed by atoms with Gasteiger partial charge in [0.25, 0.3) is 0 Å². The lowest BCUT2D eigenvalue weighted by atomic mass is 9.98. The molecule has 2 atom stereocenters. The Morgan fingerprint density at radius 1 is 1.25 bits per heavy atom. The summed E-state index contributed by atoms with van der Waals surface area (Å²) < 4.78 is 0. The van der Waals surface area contributed by atoms with Crippen LogP contribution in [-0.2, 0) is 0 Å². The first kappa shape index (κ1) is 8.03. The molecule has 2 N–H and O–H groups in total. The SMILES string of the molecule is CC1(O)C(O)(C#N)C12CCCC2. The zero-order chi connectivity index (χ0) is 9.04. The molecule has 2 aliphatic carbocycles. The Kier molecular flexibility index (Phi) is 1.23. The molecule has 0 amide bonds. The molecule has 3 heteroatoms. The molecule has 0 heterocycles. The van der Waals surface area contributed by atoms with E-state index in [2.05, 4.69) is 0 Å². The summed E-state index contributed by atoms with van der Waals surface area (Å²) in [4.78, 5) is 0. The minimum atomic E-state index is -1.48. The van der Waals surface area contributed by atoms with Gasteiger partial charge in [0.15, 0.2) is 5.60 Å².